The fraction of sp³-hybridized carbons (Fsp3) is 0.500. The second-order valence-corrected chi connectivity index (χ2v) is 12.6. The molecule has 0 saturated heterocycles. The van der Waals surface area contributed by atoms with E-state index in [1.54, 1.807) is 4.68 Å². The molecule has 1 fully saturated rings. The van der Waals surface area contributed by atoms with Gasteiger partial charge in [-0.25, -0.2) is 13.1 Å². The second kappa shape index (κ2) is 9.72. The van der Waals surface area contributed by atoms with Gasteiger partial charge in [0.25, 0.3) is 0 Å². The Morgan fingerprint density at radius 1 is 1.22 bits per heavy atom. The van der Waals surface area contributed by atoms with E-state index in [-0.39, 0.29) is 12.0 Å². The average Bonchev–Trinajstić information content (AvgIpc) is 3.61. The van der Waals surface area contributed by atoms with Gasteiger partial charge < -0.3 is 10.6 Å². The Balaban J connectivity index is 1.48. The standard InChI is InChI=1S/C26H34N6O2S2/c1-15(2)13-28-36(33,34)25-21-11-20(29-26(35)30-24-9-16(3)31-32(24)4)8-7-18(21)10-19-14-27-23(12-22(19)25)17-5-6-17/h9-10,12,14-15,17,20,28H,5-8,11,13H2,1-4H3,(H2,29,30,35). The number of nitrogens with one attached hydrogen (secondary N) is 3. The first-order valence-corrected chi connectivity index (χ1v) is 14.5. The molecular weight excluding hydrogens is 492 g/mol. The Bertz CT molecular complexity index is 1430. The number of pyridine rings is 1. The van der Waals surface area contributed by atoms with Crippen LogP contribution in [0.5, 0.6) is 0 Å². The molecule has 2 aromatic heterocycles. The molecule has 2 aliphatic carbocycles. The van der Waals surface area contributed by atoms with Gasteiger partial charge in [-0.1, -0.05) is 13.8 Å². The molecule has 5 rings (SSSR count). The van der Waals surface area contributed by atoms with E-state index in [0.29, 0.717) is 28.9 Å². The van der Waals surface area contributed by atoms with Gasteiger partial charge in [-0.05, 0) is 80.4 Å². The summed E-state index contributed by atoms with van der Waals surface area (Å²) in [6.45, 7) is 6.35. The highest BCUT2D eigenvalue weighted by Crippen LogP contribution is 2.41. The van der Waals surface area contributed by atoms with E-state index in [0.717, 1.165) is 64.8 Å². The molecule has 3 N–H and O–H groups in total. The van der Waals surface area contributed by atoms with Crippen molar-refractivity contribution in [2.24, 2.45) is 13.0 Å². The molecule has 1 unspecified atom stereocenters. The van der Waals surface area contributed by atoms with Gasteiger partial charge in [0.15, 0.2) is 5.11 Å². The van der Waals surface area contributed by atoms with Crippen molar-refractivity contribution < 1.29 is 8.42 Å². The van der Waals surface area contributed by atoms with Gasteiger partial charge in [0.2, 0.25) is 10.0 Å². The fourth-order valence-corrected chi connectivity index (χ4v) is 6.92. The lowest BCUT2D eigenvalue weighted by molar-refractivity contribution is 0.521. The summed E-state index contributed by atoms with van der Waals surface area (Å²) >= 11 is 5.59. The first-order valence-electron chi connectivity index (χ1n) is 12.6. The minimum Gasteiger partial charge on any atom is -0.359 e. The molecule has 10 heteroatoms. The molecule has 1 saturated carbocycles. The molecule has 0 spiro atoms. The van der Waals surface area contributed by atoms with Crippen molar-refractivity contribution in [2.45, 2.75) is 69.7 Å². The number of aryl methyl sites for hydroxylation is 3. The van der Waals surface area contributed by atoms with Crippen LogP contribution in [0.3, 0.4) is 0 Å². The molecule has 2 heterocycles. The smallest absolute Gasteiger partial charge is 0.241 e. The lowest BCUT2D eigenvalue weighted by Crippen LogP contribution is -2.42. The quantitative estimate of drug-likeness (QED) is 0.401. The normalized spacial score (nSPS) is 17.9. The fourth-order valence-electron chi connectivity index (χ4n) is 4.95. The van der Waals surface area contributed by atoms with Gasteiger partial charge >= 0.3 is 0 Å². The van der Waals surface area contributed by atoms with E-state index in [1.165, 1.54) is 0 Å². The highest BCUT2D eigenvalue weighted by Gasteiger charge is 2.31. The van der Waals surface area contributed by atoms with Crippen molar-refractivity contribution in [3.8, 4) is 0 Å². The van der Waals surface area contributed by atoms with Crippen molar-refractivity contribution in [2.75, 3.05) is 11.9 Å². The number of hydrogen-bond acceptors (Lipinski definition) is 5. The SMILES string of the molecule is Cc1cc(NC(=S)NC2CCc3cc4cnc(C5CC5)cc4c(S(=O)(=O)NCC(C)C)c3C2)n(C)n1. The Kier molecular flexibility index (Phi) is 6.78. The summed E-state index contributed by atoms with van der Waals surface area (Å²) in [5.41, 5.74) is 3.86. The average molecular weight is 527 g/mol. The van der Waals surface area contributed by atoms with Crippen molar-refractivity contribution in [1.29, 1.82) is 0 Å². The van der Waals surface area contributed by atoms with Crippen molar-refractivity contribution >= 4 is 43.9 Å². The van der Waals surface area contributed by atoms with E-state index in [9.17, 15) is 8.42 Å². The summed E-state index contributed by atoms with van der Waals surface area (Å²) in [7, 11) is -1.85. The van der Waals surface area contributed by atoms with Gasteiger partial charge in [0, 0.05) is 54.3 Å². The molecule has 2 aliphatic rings. The maximum Gasteiger partial charge on any atom is 0.241 e. The van der Waals surface area contributed by atoms with Crippen LogP contribution in [0.1, 0.15) is 61.5 Å². The molecular formula is C26H34N6O2S2. The van der Waals surface area contributed by atoms with E-state index in [1.807, 2.05) is 46.1 Å². The minimum atomic E-state index is -3.71. The molecule has 0 radical (unpaired) electrons. The van der Waals surface area contributed by atoms with Crippen LogP contribution in [0.4, 0.5) is 5.82 Å². The number of nitrogens with zero attached hydrogens (tertiary/aromatic N) is 3. The van der Waals surface area contributed by atoms with Crippen LogP contribution in [-0.4, -0.2) is 40.9 Å². The zero-order valence-corrected chi connectivity index (χ0v) is 22.9. The summed E-state index contributed by atoms with van der Waals surface area (Å²) in [6.07, 6.45) is 6.29. The number of benzene rings is 1. The number of aromatic nitrogens is 3. The Hall–Kier alpha value is -2.56. The van der Waals surface area contributed by atoms with Crippen LogP contribution in [0, 0.1) is 12.8 Å². The minimum absolute atomic E-state index is 0.0214. The topological polar surface area (TPSA) is 101 Å². The zero-order chi connectivity index (χ0) is 25.6. The summed E-state index contributed by atoms with van der Waals surface area (Å²) in [5.74, 6) is 1.47. The van der Waals surface area contributed by atoms with E-state index >= 15 is 0 Å². The van der Waals surface area contributed by atoms with E-state index in [2.05, 4.69) is 31.5 Å². The largest absolute Gasteiger partial charge is 0.359 e. The molecule has 0 amide bonds. The lowest BCUT2D eigenvalue weighted by atomic mass is 9.86. The Morgan fingerprint density at radius 3 is 2.67 bits per heavy atom. The molecule has 0 aliphatic heterocycles. The highest BCUT2D eigenvalue weighted by molar-refractivity contribution is 7.89. The van der Waals surface area contributed by atoms with Crippen molar-refractivity contribution in [1.82, 2.24) is 24.8 Å². The maximum atomic E-state index is 13.7. The summed E-state index contributed by atoms with van der Waals surface area (Å²) < 4.78 is 32.1. The third-order valence-corrected chi connectivity index (χ3v) is 8.70. The van der Waals surface area contributed by atoms with Crippen LogP contribution >= 0.6 is 12.2 Å². The Labute approximate surface area is 218 Å². The van der Waals surface area contributed by atoms with E-state index < -0.39 is 10.0 Å². The molecule has 3 aromatic rings. The third kappa shape index (κ3) is 5.26. The molecule has 192 valence electrons. The lowest BCUT2D eigenvalue weighted by Gasteiger charge is -2.29. The molecule has 36 heavy (non-hydrogen) atoms. The van der Waals surface area contributed by atoms with Crippen LogP contribution in [0.15, 0.2) is 29.3 Å². The molecule has 1 aromatic carbocycles. The highest BCUT2D eigenvalue weighted by atomic mass is 32.2. The number of thiocarbonyl (C=S) groups is 1. The van der Waals surface area contributed by atoms with Gasteiger partial charge in [-0.15, -0.1) is 0 Å². The molecule has 1 atom stereocenters. The first-order chi connectivity index (χ1) is 17.1. The summed E-state index contributed by atoms with van der Waals surface area (Å²) in [4.78, 5) is 5.07. The molecule has 8 nitrogen and oxygen atoms in total. The summed E-state index contributed by atoms with van der Waals surface area (Å²) in [5, 5.41) is 13.1. The van der Waals surface area contributed by atoms with E-state index in [4.69, 9.17) is 12.2 Å². The number of hydrogen-bond donors (Lipinski definition) is 3. The van der Waals surface area contributed by atoms with Crippen molar-refractivity contribution in [3.05, 3.63) is 46.9 Å². The zero-order valence-electron chi connectivity index (χ0n) is 21.3. The number of anilines is 1. The number of rotatable bonds is 7. The van der Waals surface area contributed by atoms with Crippen LogP contribution in [0.2, 0.25) is 0 Å². The van der Waals surface area contributed by atoms with Gasteiger partial charge in [0.1, 0.15) is 5.82 Å². The molecule has 0 bridgehead atoms. The monoisotopic (exact) mass is 526 g/mol. The van der Waals surface area contributed by atoms with Gasteiger partial charge in [-0.3, -0.25) is 9.67 Å². The van der Waals surface area contributed by atoms with Crippen LogP contribution in [0.25, 0.3) is 10.8 Å². The predicted octanol–water partition coefficient (Wildman–Crippen LogP) is 3.93. The predicted molar refractivity (Wildman–Crippen MR) is 147 cm³/mol. The van der Waals surface area contributed by atoms with Crippen LogP contribution in [-0.2, 0) is 29.9 Å². The van der Waals surface area contributed by atoms with Gasteiger partial charge in [0.05, 0.1) is 10.6 Å². The first kappa shape index (κ1) is 25.1. The second-order valence-electron chi connectivity index (χ2n) is 10.5. The number of sulfonamides is 1. The van der Waals surface area contributed by atoms with Crippen molar-refractivity contribution in [3.63, 3.8) is 0 Å². The summed E-state index contributed by atoms with van der Waals surface area (Å²) in [6, 6.07) is 6.09. The van der Waals surface area contributed by atoms with Gasteiger partial charge in [-0.2, -0.15) is 5.10 Å². The number of fused-ring (bicyclic) bond motifs is 2. The Morgan fingerprint density at radius 2 is 2.00 bits per heavy atom. The maximum absolute atomic E-state index is 13.7. The van der Waals surface area contributed by atoms with Crippen LogP contribution < -0.4 is 15.4 Å². The third-order valence-electron chi connectivity index (χ3n) is 6.93.